The number of pyridine rings is 1. The van der Waals surface area contributed by atoms with Crippen molar-refractivity contribution in [3.8, 4) is 0 Å². The first kappa shape index (κ1) is 24.7. The number of carbonyl (C=O) groups is 1. The SMILES string of the molecule is CCc1ccc(S(=O)(=O)N2CCCC(C(=O)N3CCN(c4cc(C)nc5ccccc45)CC3)C2)cc1. The van der Waals surface area contributed by atoms with Gasteiger partial charge in [0.25, 0.3) is 0 Å². The number of sulfonamides is 1. The summed E-state index contributed by atoms with van der Waals surface area (Å²) in [7, 11) is -3.61. The van der Waals surface area contributed by atoms with Gasteiger partial charge in [0, 0.05) is 56.0 Å². The lowest BCUT2D eigenvalue weighted by molar-refractivity contribution is -0.137. The summed E-state index contributed by atoms with van der Waals surface area (Å²) < 4.78 is 28.0. The zero-order valence-corrected chi connectivity index (χ0v) is 21.9. The Hall–Kier alpha value is -2.97. The Balaban J connectivity index is 1.25. The lowest BCUT2D eigenvalue weighted by atomic mass is 9.97. The number of para-hydroxylation sites is 1. The maximum atomic E-state index is 13.4. The maximum Gasteiger partial charge on any atom is 0.243 e. The molecule has 0 saturated carbocycles. The van der Waals surface area contributed by atoms with Gasteiger partial charge in [-0.25, -0.2) is 8.42 Å². The van der Waals surface area contributed by atoms with Crippen LogP contribution >= 0.6 is 0 Å². The molecule has 3 aromatic rings. The van der Waals surface area contributed by atoms with Crippen LogP contribution in [0.5, 0.6) is 0 Å². The van der Waals surface area contributed by atoms with Crippen molar-refractivity contribution in [2.45, 2.75) is 38.0 Å². The van der Waals surface area contributed by atoms with Gasteiger partial charge < -0.3 is 9.80 Å². The van der Waals surface area contributed by atoms with E-state index in [1.54, 1.807) is 12.1 Å². The molecule has 0 radical (unpaired) electrons. The Morgan fingerprint density at radius 2 is 1.72 bits per heavy atom. The second-order valence-corrected chi connectivity index (χ2v) is 11.7. The van der Waals surface area contributed by atoms with Gasteiger partial charge in [0.2, 0.25) is 15.9 Å². The van der Waals surface area contributed by atoms with Crippen molar-refractivity contribution in [1.82, 2.24) is 14.2 Å². The van der Waals surface area contributed by atoms with Crippen molar-refractivity contribution in [2.24, 2.45) is 5.92 Å². The molecule has 2 fully saturated rings. The summed E-state index contributed by atoms with van der Waals surface area (Å²) >= 11 is 0. The van der Waals surface area contributed by atoms with E-state index in [9.17, 15) is 13.2 Å². The Morgan fingerprint density at radius 1 is 1.00 bits per heavy atom. The van der Waals surface area contributed by atoms with Crippen molar-refractivity contribution >= 4 is 32.5 Å². The van der Waals surface area contributed by atoms with Crippen LogP contribution in [0.1, 0.15) is 31.0 Å². The molecule has 0 spiro atoms. The van der Waals surface area contributed by atoms with Crippen LogP contribution < -0.4 is 4.90 Å². The van der Waals surface area contributed by atoms with Crippen molar-refractivity contribution in [1.29, 1.82) is 0 Å². The highest BCUT2D eigenvalue weighted by molar-refractivity contribution is 7.89. The maximum absolute atomic E-state index is 13.4. The van der Waals surface area contributed by atoms with Crippen molar-refractivity contribution in [3.63, 3.8) is 0 Å². The van der Waals surface area contributed by atoms with Gasteiger partial charge in [0.05, 0.1) is 16.3 Å². The standard InChI is InChI=1S/C28H34N4O3S/c1-3-22-10-12-24(13-11-22)36(34,35)32-14-6-7-23(20-32)28(33)31-17-15-30(16-18-31)27-19-21(2)29-26-9-5-4-8-25(26)27/h4-5,8-13,19,23H,3,6-7,14-18,20H2,1-2H3. The van der Waals surface area contributed by atoms with Crippen LogP contribution in [0.15, 0.2) is 59.5 Å². The quantitative estimate of drug-likeness (QED) is 0.526. The molecular formula is C28H34N4O3S. The largest absolute Gasteiger partial charge is 0.367 e. The van der Waals surface area contributed by atoms with Crippen LogP contribution in [0.3, 0.4) is 0 Å². The number of aryl methyl sites for hydroxylation is 2. The third-order valence-electron chi connectivity index (χ3n) is 7.46. The van der Waals surface area contributed by atoms with Gasteiger partial charge in [-0.15, -0.1) is 0 Å². The fraction of sp³-hybridized carbons (Fsp3) is 0.429. The summed E-state index contributed by atoms with van der Waals surface area (Å²) in [6.45, 7) is 7.54. The van der Waals surface area contributed by atoms with Gasteiger partial charge in [0.1, 0.15) is 0 Å². The predicted molar refractivity (Wildman–Crippen MR) is 143 cm³/mol. The highest BCUT2D eigenvalue weighted by Crippen LogP contribution is 2.29. The molecular weight excluding hydrogens is 472 g/mol. The van der Waals surface area contributed by atoms with E-state index in [1.807, 2.05) is 49.1 Å². The van der Waals surface area contributed by atoms with Crippen LogP contribution in [-0.2, 0) is 21.2 Å². The highest BCUT2D eigenvalue weighted by Gasteiger charge is 2.36. The zero-order valence-electron chi connectivity index (χ0n) is 21.1. The molecule has 36 heavy (non-hydrogen) atoms. The van der Waals surface area contributed by atoms with Crippen molar-refractivity contribution < 1.29 is 13.2 Å². The molecule has 1 amide bonds. The third kappa shape index (κ3) is 4.84. The molecule has 0 aliphatic carbocycles. The Kier molecular flexibility index (Phi) is 6.99. The number of piperazine rings is 1. The fourth-order valence-corrected chi connectivity index (χ4v) is 6.91. The molecule has 2 aliphatic rings. The topological polar surface area (TPSA) is 73.8 Å². The monoisotopic (exact) mass is 506 g/mol. The first-order valence-corrected chi connectivity index (χ1v) is 14.3. The predicted octanol–water partition coefficient (Wildman–Crippen LogP) is 3.86. The first-order valence-electron chi connectivity index (χ1n) is 12.9. The van der Waals surface area contributed by atoms with Crippen molar-refractivity contribution in [2.75, 3.05) is 44.2 Å². The lowest BCUT2D eigenvalue weighted by Gasteiger charge is -2.39. The molecule has 5 rings (SSSR count). The Morgan fingerprint density at radius 3 is 2.44 bits per heavy atom. The number of hydrogen-bond acceptors (Lipinski definition) is 5. The molecule has 2 aromatic carbocycles. The first-order chi connectivity index (χ1) is 17.4. The van der Waals surface area contributed by atoms with E-state index in [0.29, 0.717) is 31.0 Å². The molecule has 3 heterocycles. The molecule has 0 bridgehead atoms. The number of carbonyl (C=O) groups excluding carboxylic acids is 1. The van der Waals surface area contributed by atoms with Gasteiger partial charge in [-0.2, -0.15) is 4.31 Å². The van der Waals surface area contributed by atoms with Crippen LogP contribution in [0.25, 0.3) is 10.9 Å². The third-order valence-corrected chi connectivity index (χ3v) is 9.34. The Bertz CT molecular complexity index is 1350. The summed E-state index contributed by atoms with van der Waals surface area (Å²) in [5.74, 6) is -0.217. The molecule has 1 atom stereocenters. The minimum Gasteiger partial charge on any atom is -0.367 e. The van der Waals surface area contributed by atoms with Crippen LogP contribution in [0.2, 0.25) is 0 Å². The zero-order chi connectivity index (χ0) is 25.3. The minimum absolute atomic E-state index is 0.0756. The lowest BCUT2D eigenvalue weighted by Crippen LogP contribution is -2.53. The van der Waals surface area contributed by atoms with Gasteiger partial charge in [0.15, 0.2) is 0 Å². The second-order valence-electron chi connectivity index (χ2n) is 9.81. The summed E-state index contributed by atoms with van der Waals surface area (Å²) in [4.78, 5) is 22.6. The number of anilines is 1. The van der Waals surface area contributed by atoms with Gasteiger partial charge >= 0.3 is 0 Å². The number of rotatable bonds is 5. The minimum atomic E-state index is -3.61. The number of amides is 1. The number of benzene rings is 2. The molecule has 1 unspecified atom stereocenters. The highest BCUT2D eigenvalue weighted by atomic mass is 32.2. The van der Waals surface area contributed by atoms with E-state index in [4.69, 9.17) is 0 Å². The molecule has 2 saturated heterocycles. The van der Waals surface area contributed by atoms with E-state index in [1.165, 1.54) is 4.31 Å². The van der Waals surface area contributed by atoms with E-state index < -0.39 is 10.0 Å². The number of aromatic nitrogens is 1. The van der Waals surface area contributed by atoms with E-state index >= 15 is 0 Å². The van der Waals surface area contributed by atoms with Crippen LogP contribution in [0, 0.1) is 12.8 Å². The molecule has 0 N–H and O–H groups in total. The van der Waals surface area contributed by atoms with Gasteiger partial charge in [-0.05, 0) is 56.0 Å². The van der Waals surface area contributed by atoms with E-state index in [0.717, 1.165) is 53.8 Å². The van der Waals surface area contributed by atoms with E-state index in [-0.39, 0.29) is 18.4 Å². The van der Waals surface area contributed by atoms with E-state index in [2.05, 4.69) is 22.0 Å². The summed E-state index contributed by atoms with van der Waals surface area (Å²) in [6, 6.07) is 17.4. The smallest absolute Gasteiger partial charge is 0.243 e. The van der Waals surface area contributed by atoms with Crippen LogP contribution in [0.4, 0.5) is 5.69 Å². The molecule has 7 nitrogen and oxygen atoms in total. The number of piperidine rings is 1. The molecule has 8 heteroatoms. The van der Waals surface area contributed by atoms with Crippen LogP contribution in [-0.4, -0.2) is 67.8 Å². The average molecular weight is 507 g/mol. The molecule has 1 aromatic heterocycles. The Labute approximate surface area is 213 Å². The number of nitrogens with zero attached hydrogens (tertiary/aromatic N) is 4. The molecule has 190 valence electrons. The summed E-state index contributed by atoms with van der Waals surface area (Å²) in [6.07, 6.45) is 2.30. The molecule has 2 aliphatic heterocycles. The summed E-state index contributed by atoms with van der Waals surface area (Å²) in [5.41, 5.74) is 4.23. The average Bonchev–Trinajstić information content (AvgIpc) is 2.92. The number of hydrogen-bond donors (Lipinski definition) is 0. The van der Waals surface area contributed by atoms with Gasteiger partial charge in [-0.3, -0.25) is 9.78 Å². The van der Waals surface area contributed by atoms with Crippen molar-refractivity contribution in [3.05, 3.63) is 65.9 Å². The summed E-state index contributed by atoms with van der Waals surface area (Å²) in [5, 5.41) is 1.13. The fourth-order valence-electron chi connectivity index (χ4n) is 5.38. The second kappa shape index (κ2) is 10.2. The number of fused-ring (bicyclic) bond motifs is 1. The normalized spacial score (nSPS) is 19.6. The van der Waals surface area contributed by atoms with Gasteiger partial charge in [-0.1, -0.05) is 37.3 Å².